The van der Waals surface area contributed by atoms with Gasteiger partial charge in [-0.25, -0.2) is 4.99 Å². The van der Waals surface area contributed by atoms with Crippen molar-refractivity contribution < 1.29 is 9.59 Å². The fraction of sp³-hybridized carbons (Fsp3) is 0.370. The second-order valence-corrected chi connectivity index (χ2v) is 8.85. The van der Waals surface area contributed by atoms with Gasteiger partial charge in [0.15, 0.2) is 5.78 Å². The second-order valence-electron chi connectivity index (χ2n) is 8.85. The largest absolute Gasteiger partial charge is 0.387 e. The molecule has 32 heavy (non-hydrogen) atoms. The number of carbonyl (C=O) groups is 2. The molecule has 2 aromatic carbocycles. The highest BCUT2D eigenvalue weighted by atomic mass is 16.2. The molecule has 1 unspecified atom stereocenters. The van der Waals surface area contributed by atoms with Crippen LogP contribution in [0.25, 0.3) is 17.2 Å². The smallest absolute Gasteiger partial charge is 0.253 e. The maximum atomic E-state index is 12.9. The van der Waals surface area contributed by atoms with E-state index in [9.17, 15) is 9.59 Å². The Morgan fingerprint density at radius 1 is 1.06 bits per heavy atom. The highest BCUT2D eigenvalue weighted by Gasteiger charge is 2.21. The van der Waals surface area contributed by atoms with E-state index in [2.05, 4.69) is 11.9 Å². The van der Waals surface area contributed by atoms with Crippen molar-refractivity contribution in [2.45, 2.75) is 46.0 Å². The van der Waals surface area contributed by atoms with Crippen LogP contribution in [0.1, 0.15) is 61.9 Å². The lowest BCUT2D eigenvalue weighted by Crippen LogP contribution is -2.27. The Labute approximate surface area is 190 Å². The highest BCUT2D eigenvalue weighted by molar-refractivity contribution is 6.07. The van der Waals surface area contributed by atoms with E-state index >= 15 is 0 Å². The van der Waals surface area contributed by atoms with Crippen LogP contribution in [0.5, 0.6) is 0 Å². The van der Waals surface area contributed by atoms with Gasteiger partial charge in [0, 0.05) is 42.1 Å². The molecule has 2 aliphatic rings. The van der Waals surface area contributed by atoms with Crippen molar-refractivity contribution in [2.75, 3.05) is 13.1 Å². The van der Waals surface area contributed by atoms with Crippen LogP contribution in [0.2, 0.25) is 0 Å². The monoisotopic (exact) mass is 429 g/mol. The average molecular weight is 430 g/mol. The number of carbonyl (C=O) groups excluding carboxylic acids is 2. The lowest BCUT2D eigenvalue weighted by atomic mass is 9.91. The van der Waals surface area contributed by atoms with Gasteiger partial charge in [-0.15, -0.1) is 0 Å². The molecule has 5 nitrogen and oxygen atoms in total. The first kappa shape index (κ1) is 22.0. The molecular weight excluding hydrogens is 398 g/mol. The first-order valence-corrected chi connectivity index (χ1v) is 11.6. The lowest BCUT2D eigenvalue weighted by Gasteiger charge is -2.15. The normalized spacial score (nSPS) is 16.6. The van der Waals surface area contributed by atoms with E-state index in [4.69, 9.17) is 5.73 Å². The molecule has 2 N–H and O–H groups in total. The molecule has 5 heteroatoms. The summed E-state index contributed by atoms with van der Waals surface area (Å²) in [7, 11) is 0. The van der Waals surface area contributed by atoms with Crippen molar-refractivity contribution in [1.82, 2.24) is 4.90 Å². The fourth-order valence-electron chi connectivity index (χ4n) is 4.53. The zero-order valence-electron chi connectivity index (χ0n) is 18.9. The summed E-state index contributed by atoms with van der Waals surface area (Å²) < 4.78 is 0. The molecular formula is C27H31N3O2. The van der Waals surface area contributed by atoms with Crippen molar-refractivity contribution in [3.8, 4) is 11.1 Å². The molecule has 0 spiro atoms. The quantitative estimate of drug-likeness (QED) is 0.671. The van der Waals surface area contributed by atoms with Gasteiger partial charge in [0.05, 0.1) is 5.69 Å². The number of fused-ring (bicyclic) bond motifs is 1. The molecule has 2 aromatic rings. The van der Waals surface area contributed by atoms with Gasteiger partial charge in [-0.3, -0.25) is 9.59 Å². The van der Waals surface area contributed by atoms with E-state index in [1.165, 1.54) is 0 Å². The average Bonchev–Trinajstić information content (AvgIpc) is 3.28. The SMILES string of the molecule is CCCC(C)C(=O)C1=Cc2cc(-c3ccc(C(=O)N4CCCC4)cc3)ccc2N=C(N)C1. The molecule has 4 rings (SSSR count). The standard InChI is InChI=1S/C27H31N3O2/c1-3-6-18(2)26(31)23-16-22-15-21(11-12-24(22)29-25(28)17-23)19-7-9-20(10-8-19)27(32)30-13-4-5-14-30/h7-12,15-16,18H,3-6,13-14,17H2,1-2H3,(H2,28,29). The molecule has 0 radical (unpaired) electrons. The third-order valence-electron chi connectivity index (χ3n) is 6.34. The predicted octanol–water partition coefficient (Wildman–Crippen LogP) is 5.37. The van der Waals surface area contributed by atoms with Gasteiger partial charge in [0.1, 0.15) is 5.84 Å². The molecule has 166 valence electrons. The number of hydrogen-bond donors (Lipinski definition) is 1. The second kappa shape index (κ2) is 9.51. The predicted molar refractivity (Wildman–Crippen MR) is 130 cm³/mol. The van der Waals surface area contributed by atoms with Crippen molar-refractivity contribution in [3.05, 3.63) is 59.2 Å². The minimum atomic E-state index is -0.0236. The summed E-state index contributed by atoms with van der Waals surface area (Å²) in [5.41, 5.74) is 11.3. The highest BCUT2D eigenvalue weighted by Crippen LogP contribution is 2.32. The summed E-state index contributed by atoms with van der Waals surface area (Å²) in [6, 6.07) is 13.8. The number of Topliss-reactive ketones (excluding diaryl/α,β-unsaturated/α-hetero) is 1. The fourth-order valence-corrected chi connectivity index (χ4v) is 4.53. The van der Waals surface area contributed by atoms with E-state index in [1.54, 1.807) is 0 Å². The van der Waals surface area contributed by atoms with E-state index in [-0.39, 0.29) is 17.6 Å². The van der Waals surface area contributed by atoms with Gasteiger partial charge in [-0.05, 0) is 60.7 Å². The van der Waals surface area contributed by atoms with Crippen molar-refractivity contribution in [2.24, 2.45) is 16.6 Å². The Kier molecular flexibility index (Phi) is 6.54. The van der Waals surface area contributed by atoms with Crippen molar-refractivity contribution >= 4 is 29.3 Å². The Morgan fingerprint density at radius 2 is 1.75 bits per heavy atom. The van der Waals surface area contributed by atoms with Gasteiger partial charge >= 0.3 is 0 Å². The zero-order chi connectivity index (χ0) is 22.7. The summed E-state index contributed by atoms with van der Waals surface area (Å²) >= 11 is 0. The Morgan fingerprint density at radius 3 is 2.44 bits per heavy atom. The van der Waals surface area contributed by atoms with E-state index in [0.717, 1.165) is 72.3 Å². The number of amides is 1. The summed E-state index contributed by atoms with van der Waals surface area (Å²) in [4.78, 5) is 32.0. The molecule has 0 aliphatic carbocycles. The topological polar surface area (TPSA) is 75.8 Å². The van der Waals surface area contributed by atoms with Crippen molar-refractivity contribution in [3.63, 3.8) is 0 Å². The summed E-state index contributed by atoms with van der Waals surface area (Å²) in [6.07, 6.45) is 6.33. The molecule has 2 aliphatic heterocycles. The number of nitrogens with zero attached hydrogens (tertiary/aromatic N) is 2. The number of likely N-dealkylation sites (tertiary alicyclic amines) is 1. The Hall–Kier alpha value is -3.21. The van der Waals surface area contributed by atoms with Gasteiger partial charge in [-0.2, -0.15) is 0 Å². The van der Waals surface area contributed by atoms with Gasteiger partial charge in [0.25, 0.3) is 5.91 Å². The van der Waals surface area contributed by atoms with Crippen molar-refractivity contribution in [1.29, 1.82) is 0 Å². The van der Waals surface area contributed by atoms with E-state index in [0.29, 0.717) is 12.3 Å². The maximum Gasteiger partial charge on any atom is 0.253 e. The van der Waals surface area contributed by atoms with E-state index in [1.807, 2.05) is 60.4 Å². The molecule has 1 fully saturated rings. The zero-order valence-corrected chi connectivity index (χ0v) is 18.9. The number of nitrogens with two attached hydrogens (primary N) is 1. The van der Waals surface area contributed by atoms with E-state index < -0.39 is 0 Å². The number of ketones is 1. The number of hydrogen-bond acceptors (Lipinski definition) is 4. The minimum absolute atomic E-state index is 0.0236. The maximum absolute atomic E-state index is 12.9. The van der Waals surface area contributed by atoms with Crippen LogP contribution in [0.15, 0.2) is 53.0 Å². The molecule has 0 bridgehead atoms. The van der Waals surface area contributed by atoms with Crippen LogP contribution >= 0.6 is 0 Å². The number of amidine groups is 1. The van der Waals surface area contributed by atoms with Crippen LogP contribution in [-0.2, 0) is 4.79 Å². The van der Waals surface area contributed by atoms with Gasteiger partial charge < -0.3 is 10.6 Å². The third kappa shape index (κ3) is 4.67. The Bertz CT molecular complexity index is 1080. The van der Waals surface area contributed by atoms with Crippen LogP contribution in [-0.4, -0.2) is 35.5 Å². The first-order chi connectivity index (χ1) is 15.5. The van der Waals surface area contributed by atoms with Crippen LogP contribution in [0.3, 0.4) is 0 Å². The molecule has 1 amide bonds. The first-order valence-electron chi connectivity index (χ1n) is 11.6. The molecule has 1 saturated heterocycles. The van der Waals surface area contributed by atoms with Crippen LogP contribution in [0.4, 0.5) is 5.69 Å². The minimum Gasteiger partial charge on any atom is -0.387 e. The van der Waals surface area contributed by atoms with Gasteiger partial charge in [0.2, 0.25) is 0 Å². The summed E-state index contributed by atoms with van der Waals surface area (Å²) in [6.45, 7) is 5.76. The summed E-state index contributed by atoms with van der Waals surface area (Å²) in [5.74, 6) is 0.690. The molecule has 1 atom stereocenters. The van der Waals surface area contributed by atoms with Crippen LogP contribution in [0, 0.1) is 5.92 Å². The Balaban J connectivity index is 1.62. The lowest BCUT2D eigenvalue weighted by molar-refractivity contribution is -0.118. The molecule has 0 saturated carbocycles. The number of rotatable bonds is 6. The number of aliphatic imine (C=N–C) groups is 1. The third-order valence-corrected chi connectivity index (χ3v) is 6.34. The summed E-state index contributed by atoms with van der Waals surface area (Å²) in [5, 5.41) is 0. The number of benzene rings is 2. The molecule has 2 heterocycles. The van der Waals surface area contributed by atoms with Gasteiger partial charge in [-0.1, -0.05) is 38.5 Å². The van der Waals surface area contributed by atoms with Crippen LogP contribution < -0.4 is 5.73 Å². The molecule has 0 aromatic heterocycles.